The molecule has 11 rings (SSSR count). The lowest BCUT2D eigenvalue weighted by Crippen LogP contribution is -2.74. The number of hydrogen-bond donors (Lipinski definition) is 0. The zero-order valence-corrected chi connectivity index (χ0v) is 36.7. The van der Waals surface area contributed by atoms with Crippen molar-refractivity contribution >= 4 is 50.6 Å². The van der Waals surface area contributed by atoms with E-state index in [1.807, 2.05) is 36.4 Å². The molecule has 4 nitrogen and oxygen atoms in total. The van der Waals surface area contributed by atoms with E-state index in [0.717, 1.165) is 33.5 Å². The van der Waals surface area contributed by atoms with Crippen molar-refractivity contribution in [3.8, 4) is 51.0 Å². The quantitative estimate of drug-likeness (QED) is 0.107. The average molecular weight is 837 g/mol. The van der Waals surface area contributed by atoms with Crippen LogP contribution < -0.4 is 20.7 Å². The molecule has 0 bridgehead atoms. The average Bonchev–Trinajstić information content (AvgIpc) is 3.68. The largest absolute Gasteiger partial charge is 0.309 e. The summed E-state index contributed by atoms with van der Waals surface area (Å²) >= 11 is 0. The zero-order chi connectivity index (χ0) is 43.0. The lowest BCUT2D eigenvalue weighted by atomic mass is 9.98. The van der Waals surface area contributed by atoms with Crippen LogP contribution in [0.4, 0.5) is 0 Å². The maximum absolute atomic E-state index is 5.25. The van der Waals surface area contributed by atoms with E-state index in [9.17, 15) is 0 Å². The molecule has 304 valence electrons. The van der Waals surface area contributed by atoms with Gasteiger partial charge in [-0.2, -0.15) is 0 Å². The van der Waals surface area contributed by atoms with Gasteiger partial charge in [-0.25, -0.2) is 15.0 Å². The highest BCUT2D eigenvalue weighted by Crippen LogP contribution is 2.38. The van der Waals surface area contributed by atoms with Crippen LogP contribution in [-0.4, -0.2) is 27.6 Å². The van der Waals surface area contributed by atoms with Crippen LogP contribution in [0.3, 0.4) is 0 Å². The molecule has 11 aromatic rings. The highest BCUT2D eigenvalue weighted by molar-refractivity contribution is 7.19. The van der Waals surface area contributed by atoms with Gasteiger partial charge >= 0.3 is 0 Å². The molecule has 64 heavy (non-hydrogen) atoms. The van der Waals surface area contributed by atoms with Gasteiger partial charge in [0.1, 0.15) is 0 Å². The highest BCUT2D eigenvalue weighted by Gasteiger charge is 2.41. The van der Waals surface area contributed by atoms with E-state index >= 15 is 0 Å². The summed E-state index contributed by atoms with van der Waals surface area (Å²) < 4.78 is 2.40. The number of benzene rings is 9. The molecule has 0 aliphatic rings. The minimum atomic E-state index is -2.75. The molecule has 9 aromatic carbocycles. The third-order valence-electron chi connectivity index (χ3n) is 12.5. The predicted molar refractivity (Wildman–Crippen MR) is 269 cm³/mol. The Morgan fingerprint density at radius 2 is 0.734 bits per heavy atom. The molecule has 5 heteroatoms. The SMILES string of the molecule is Cc1ccc2c(c1)c1cc(C)ccc1n2-c1ccc(-c2nc(-c3ccccc3)nc(-c3ccccc3)n2)c(-c2ccc([Si](c3ccccc3)(c3ccccc3)c3ccccc3)cc2)c1. The molecule has 0 aliphatic carbocycles. The summed E-state index contributed by atoms with van der Waals surface area (Å²) in [5.74, 6) is 1.88. The molecule has 0 atom stereocenters. The van der Waals surface area contributed by atoms with Crippen LogP contribution in [0, 0.1) is 13.8 Å². The Morgan fingerprint density at radius 3 is 1.19 bits per heavy atom. The summed E-state index contributed by atoms with van der Waals surface area (Å²) in [5, 5.41) is 7.82. The van der Waals surface area contributed by atoms with Gasteiger partial charge in [-0.1, -0.05) is 199 Å². The third kappa shape index (κ3) is 6.83. The van der Waals surface area contributed by atoms with Gasteiger partial charge in [0.2, 0.25) is 0 Å². The summed E-state index contributed by atoms with van der Waals surface area (Å²) in [7, 11) is -2.75. The second-order valence-electron chi connectivity index (χ2n) is 16.6. The molecule has 0 fully saturated rings. The molecule has 0 unspecified atom stereocenters. The summed E-state index contributed by atoms with van der Waals surface area (Å²) in [5.41, 5.74) is 10.8. The first-order chi connectivity index (χ1) is 31.5. The summed E-state index contributed by atoms with van der Waals surface area (Å²) in [4.78, 5) is 15.5. The minimum Gasteiger partial charge on any atom is -0.309 e. The van der Waals surface area contributed by atoms with E-state index in [2.05, 4.69) is 213 Å². The number of rotatable bonds is 9. The van der Waals surface area contributed by atoms with Gasteiger partial charge in [-0.15, -0.1) is 0 Å². The number of aryl methyl sites for hydroxylation is 2. The Hall–Kier alpha value is -7.99. The lowest BCUT2D eigenvalue weighted by molar-refractivity contribution is 1.07. The fourth-order valence-corrected chi connectivity index (χ4v) is 14.3. The van der Waals surface area contributed by atoms with Crippen molar-refractivity contribution in [2.24, 2.45) is 0 Å². The lowest BCUT2D eigenvalue weighted by Gasteiger charge is -2.34. The Kier molecular flexibility index (Phi) is 9.95. The maximum atomic E-state index is 5.25. The number of aromatic nitrogens is 4. The molecule has 2 aromatic heterocycles. The van der Waals surface area contributed by atoms with Crippen molar-refractivity contribution in [3.63, 3.8) is 0 Å². The van der Waals surface area contributed by atoms with Gasteiger partial charge in [0, 0.05) is 33.2 Å². The predicted octanol–water partition coefficient (Wildman–Crippen LogP) is 11.6. The van der Waals surface area contributed by atoms with Crippen LogP contribution >= 0.6 is 0 Å². The van der Waals surface area contributed by atoms with Crippen LogP contribution in [0.5, 0.6) is 0 Å². The number of hydrogen-bond acceptors (Lipinski definition) is 3. The Morgan fingerprint density at radius 1 is 0.328 bits per heavy atom. The molecular weight excluding hydrogens is 793 g/mol. The van der Waals surface area contributed by atoms with Gasteiger partial charge < -0.3 is 4.57 Å². The van der Waals surface area contributed by atoms with Gasteiger partial charge in [-0.05, 0) is 88.2 Å². The van der Waals surface area contributed by atoms with Gasteiger partial charge in [0.05, 0.1) is 11.0 Å². The Labute approximate surface area is 374 Å². The molecule has 0 saturated heterocycles. The fraction of sp³-hybridized carbons (Fsp3) is 0.0339. The molecule has 0 amide bonds. The molecular formula is C59H44N4Si. The minimum absolute atomic E-state index is 0.619. The highest BCUT2D eigenvalue weighted by atomic mass is 28.3. The van der Waals surface area contributed by atoms with Crippen LogP contribution in [0.2, 0.25) is 0 Å². The summed E-state index contributed by atoms with van der Waals surface area (Å²) in [6.45, 7) is 4.34. The molecule has 2 heterocycles. The first kappa shape index (κ1) is 38.9. The van der Waals surface area contributed by atoms with E-state index in [1.165, 1.54) is 53.7 Å². The van der Waals surface area contributed by atoms with Crippen molar-refractivity contribution in [1.82, 2.24) is 19.5 Å². The van der Waals surface area contributed by atoms with E-state index in [1.54, 1.807) is 0 Å². The Bertz CT molecular complexity index is 3210. The van der Waals surface area contributed by atoms with Gasteiger partial charge in [0.15, 0.2) is 25.5 Å². The second kappa shape index (κ2) is 16.4. The summed E-state index contributed by atoms with van der Waals surface area (Å²) in [6.07, 6.45) is 0. The normalized spacial score (nSPS) is 11.6. The summed E-state index contributed by atoms with van der Waals surface area (Å²) in [6, 6.07) is 83.3. The fourth-order valence-electron chi connectivity index (χ4n) is 9.53. The van der Waals surface area contributed by atoms with Crippen LogP contribution in [-0.2, 0) is 0 Å². The van der Waals surface area contributed by atoms with Gasteiger partial charge in [0.25, 0.3) is 0 Å². The first-order valence-electron chi connectivity index (χ1n) is 21.9. The van der Waals surface area contributed by atoms with Crippen molar-refractivity contribution in [2.45, 2.75) is 13.8 Å². The van der Waals surface area contributed by atoms with E-state index in [0.29, 0.717) is 17.5 Å². The van der Waals surface area contributed by atoms with Crippen LogP contribution in [0.25, 0.3) is 72.8 Å². The van der Waals surface area contributed by atoms with Gasteiger partial charge in [-0.3, -0.25) is 0 Å². The van der Waals surface area contributed by atoms with Crippen LogP contribution in [0.15, 0.2) is 231 Å². The van der Waals surface area contributed by atoms with Crippen molar-refractivity contribution in [1.29, 1.82) is 0 Å². The molecule has 0 spiro atoms. The zero-order valence-electron chi connectivity index (χ0n) is 35.7. The molecule has 0 radical (unpaired) electrons. The topological polar surface area (TPSA) is 43.6 Å². The monoisotopic (exact) mass is 836 g/mol. The van der Waals surface area contributed by atoms with E-state index in [4.69, 9.17) is 15.0 Å². The number of nitrogens with zero attached hydrogens (tertiary/aromatic N) is 4. The van der Waals surface area contributed by atoms with Crippen molar-refractivity contribution in [3.05, 3.63) is 242 Å². The van der Waals surface area contributed by atoms with Crippen molar-refractivity contribution in [2.75, 3.05) is 0 Å². The second-order valence-corrected chi connectivity index (χ2v) is 20.4. The standard InChI is InChI=1S/C59H44N4Si/c1-41-28-36-55-53(38-41)54-39-42(2)29-37-56(54)63(55)46-32-35-51(59-61-57(44-18-8-3-9-19-44)60-58(62-59)45-20-10-4-11-21-45)52(40-46)43-30-33-50(34-31-43)64(47-22-12-5-13-23-47,48-24-14-6-15-25-48)49-26-16-7-17-27-49/h3-40H,1-2H3. The van der Waals surface area contributed by atoms with E-state index in [-0.39, 0.29) is 0 Å². The van der Waals surface area contributed by atoms with Crippen molar-refractivity contribution < 1.29 is 0 Å². The van der Waals surface area contributed by atoms with E-state index < -0.39 is 8.07 Å². The molecule has 0 saturated carbocycles. The molecule has 0 aliphatic heterocycles. The first-order valence-corrected chi connectivity index (χ1v) is 23.9. The number of fused-ring (bicyclic) bond motifs is 3. The van der Waals surface area contributed by atoms with Crippen LogP contribution in [0.1, 0.15) is 11.1 Å². The molecule has 0 N–H and O–H groups in total. The Balaban J connectivity index is 1.17. The smallest absolute Gasteiger partial charge is 0.179 e. The third-order valence-corrected chi connectivity index (χ3v) is 17.3. The maximum Gasteiger partial charge on any atom is 0.179 e.